The second kappa shape index (κ2) is 7.26. The van der Waals surface area contributed by atoms with E-state index in [0.717, 1.165) is 12.8 Å². The van der Waals surface area contributed by atoms with Gasteiger partial charge in [0, 0.05) is 6.61 Å². The molecule has 0 spiro atoms. The summed E-state index contributed by atoms with van der Waals surface area (Å²) >= 11 is 0. The van der Waals surface area contributed by atoms with Crippen molar-refractivity contribution in [3.8, 4) is 11.8 Å². The van der Waals surface area contributed by atoms with Gasteiger partial charge in [0.05, 0.1) is 0 Å². The third kappa shape index (κ3) is 7.26. The molecule has 1 heteroatoms. The summed E-state index contributed by atoms with van der Waals surface area (Å²) in [6.07, 6.45) is 5.54. The molecule has 0 aliphatic rings. The first-order valence-electron chi connectivity index (χ1n) is 3.10. The lowest BCUT2D eigenvalue weighted by Crippen LogP contribution is -1.77. The average molecular weight is 124 g/mol. The van der Waals surface area contributed by atoms with E-state index in [-0.39, 0.29) is 6.61 Å². The Kier molecular flexibility index (Phi) is 6.66. The van der Waals surface area contributed by atoms with E-state index in [4.69, 9.17) is 5.11 Å². The number of hydrogen-bond donors (Lipinski definition) is 1. The Morgan fingerprint density at radius 2 is 2.33 bits per heavy atom. The van der Waals surface area contributed by atoms with Gasteiger partial charge in [-0.1, -0.05) is 12.0 Å². The lowest BCUT2D eigenvalue weighted by Gasteiger charge is -1.83. The zero-order valence-corrected chi connectivity index (χ0v) is 5.72. The van der Waals surface area contributed by atoms with Crippen molar-refractivity contribution in [3.05, 3.63) is 12.2 Å². The lowest BCUT2D eigenvalue weighted by molar-refractivity contribution is 0.289. The topological polar surface area (TPSA) is 20.2 Å². The molecule has 0 fully saturated rings. The molecule has 9 heavy (non-hydrogen) atoms. The quantitative estimate of drug-likeness (QED) is 0.444. The van der Waals surface area contributed by atoms with Gasteiger partial charge in [-0.2, -0.15) is 0 Å². The molecule has 0 rings (SSSR count). The number of hydrogen-bond acceptors (Lipinski definition) is 1. The van der Waals surface area contributed by atoms with Crippen LogP contribution in [0.4, 0.5) is 0 Å². The molecule has 0 aliphatic heterocycles. The minimum atomic E-state index is 0.268. The van der Waals surface area contributed by atoms with Gasteiger partial charge in [0.1, 0.15) is 0 Å². The van der Waals surface area contributed by atoms with Gasteiger partial charge in [-0.25, -0.2) is 0 Å². The molecule has 50 valence electrons. The van der Waals surface area contributed by atoms with Crippen molar-refractivity contribution in [1.82, 2.24) is 0 Å². The summed E-state index contributed by atoms with van der Waals surface area (Å²) in [5.41, 5.74) is 0. The van der Waals surface area contributed by atoms with E-state index in [1.807, 2.05) is 12.2 Å². The van der Waals surface area contributed by atoms with Gasteiger partial charge in [-0.05, 0) is 25.8 Å². The molecule has 1 nitrogen and oxygen atoms in total. The van der Waals surface area contributed by atoms with Crippen LogP contribution < -0.4 is 0 Å². The molecule has 1 N–H and O–H groups in total. The first kappa shape index (κ1) is 8.26. The van der Waals surface area contributed by atoms with Crippen molar-refractivity contribution >= 4 is 0 Å². The largest absolute Gasteiger partial charge is 0.396 e. The third-order valence-corrected chi connectivity index (χ3v) is 0.874. The second-order valence-electron chi connectivity index (χ2n) is 1.66. The van der Waals surface area contributed by atoms with Crippen LogP contribution in [0.25, 0.3) is 0 Å². The van der Waals surface area contributed by atoms with Gasteiger partial charge in [-0.15, -0.1) is 5.92 Å². The molecule has 0 aromatic rings. The maximum Gasteiger partial charge on any atom is 0.0433 e. The van der Waals surface area contributed by atoms with Crippen LogP contribution in [0.1, 0.15) is 19.8 Å². The molecular formula is C8H12O. The van der Waals surface area contributed by atoms with Crippen molar-refractivity contribution in [2.75, 3.05) is 6.61 Å². The van der Waals surface area contributed by atoms with E-state index in [0.29, 0.717) is 0 Å². The predicted octanol–water partition coefficient (Wildman–Crippen LogP) is 1.34. The second-order valence-corrected chi connectivity index (χ2v) is 1.66. The maximum absolute atomic E-state index is 8.35. The highest BCUT2D eigenvalue weighted by Gasteiger charge is 1.75. The smallest absolute Gasteiger partial charge is 0.0433 e. The van der Waals surface area contributed by atoms with E-state index in [9.17, 15) is 0 Å². The fourth-order valence-corrected chi connectivity index (χ4v) is 0.435. The number of aliphatic hydroxyl groups excluding tert-OH is 1. The first-order valence-corrected chi connectivity index (χ1v) is 3.10. The summed E-state index contributed by atoms with van der Waals surface area (Å²) in [5.74, 6) is 5.54. The van der Waals surface area contributed by atoms with Crippen LogP contribution in [0, 0.1) is 11.8 Å². The van der Waals surface area contributed by atoms with Crippen LogP contribution in [-0.4, -0.2) is 11.7 Å². The van der Waals surface area contributed by atoms with Gasteiger partial charge in [0.25, 0.3) is 0 Å². The van der Waals surface area contributed by atoms with Crippen molar-refractivity contribution in [1.29, 1.82) is 0 Å². The highest BCUT2D eigenvalue weighted by molar-refractivity contribution is 5.13. The summed E-state index contributed by atoms with van der Waals surface area (Å²) in [7, 11) is 0. The van der Waals surface area contributed by atoms with Crippen LogP contribution in [0.15, 0.2) is 12.2 Å². The van der Waals surface area contributed by atoms with Crippen LogP contribution >= 0.6 is 0 Å². The Morgan fingerprint density at radius 1 is 1.56 bits per heavy atom. The fraction of sp³-hybridized carbons (Fsp3) is 0.500. The summed E-state index contributed by atoms with van der Waals surface area (Å²) in [4.78, 5) is 0. The number of unbranched alkanes of at least 4 members (excludes halogenated alkanes) is 1. The van der Waals surface area contributed by atoms with Gasteiger partial charge >= 0.3 is 0 Å². The van der Waals surface area contributed by atoms with Gasteiger partial charge in [0.15, 0.2) is 0 Å². The molecule has 0 saturated carbocycles. The van der Waals surface area contributed by atoms with Crippen molar-refractivity contribution in [2.45, 2.75) is 19.8 Å². The molecule has 0 aromatic carbocycles. The van der Waals surface area contributed by atoms with Crippen molar-refractivity contribution in [3.63, 3.8) is 0 Å². The molecule has 0 amide bonds. The highest BCUT2D eigenvalue weighted by atomic mass is 16.2. The van der Waals surface area contributed by atoms with E-state index < -0.39 is 0 Å². The van der Waals surface area contributed by atoms with Crippen molar-refractivity contribution in [2.24, 2.45) is 0 Å². The molecule has 0 saturated heterocycles. The lowest BCUT2D eigenvalue weighted by atomic mass is 10.3. The highest BCUT2D eigenvalue weighted by Crippen LogP contribution is 1.87. The molecular weight excluding hydrogens is 112 g/mol. The molecule has 0 heterocycles. The monoisotopic (exact) mass is 124 g/mol. The number of allylic oxidation sites excluding steroid dienone is 2. The Balaban J connectivity index is 3.11. The van der Waals surface area contributed by atoms with Gasteiger partial charge in [-0.3, -0.25) is 0 Å². The molecule has 0 atom stereocenters. The predicted molar refractivity (Wildman–Crippen MR) is 38.9 cm³/mol. The maximum atomic E-state index is 8.35. The van der Waals surface area contributed by atoms with Crippen molar-refractivity contribution < 1.29 is 5.11 Å². The molecule has 0 aromatic heterocycles. The number of aliphatic hydroxyl groups is 1. The van der Waals surface area contributed by atoms with E-state index in [2.05, 4.69) is 11.8 Å². The summed E-state index contributed by atoms with van der Waals surface area (Å²) in [5, 5.41) is 8.35. The Bertz CT molecular complexity index is 125. The minimum absolute atomic E-state index is 0.268. The van der Waals surface area contributed by atoms with Crippen LogP contribution in [-0.2, 0) is 0 Å². The van der Waals surface area contributed by atoms with Gasteiger partial charge in [0.2, 0.25) is 0 Å². The Morgan fingerprint density at radius 3 is 2.89 bits per heavy atom. The normalized spacial score (nSPS) is 9.11. The fourth-order valence-electron chi connectivity index (χ4n) is 0.435. The van der Waals surface area contributed by atoms with Crippen LogP contribution in [0.2, 0.25) is 0 Å². The summed E-state index contributed by atoms with van der Waals surface area (Å²) < 4.78 is 0. The number of rotatable bonds is 3. The van der Waals surface area contributed by atoms with E-state index in [1.165, 1.54) is 0 Å². The molecule has 0 bridgehead atoms. The molecule has 0 aliphatic carbocycles. The average Bonchev–Trinajstić information content (AvgIpc) is 1.89. The SMILES string of the molecule is CC#C/C=C/CCCO. The third-order valence-electron chi connectivity index (χ3n) is 0.874. The van der Waals surface area contributed by atoms with Crippen LogP contribution in [0.5, 0.6) is 0 Å². The zero-order chi connectivity index (χ0) is 6.95. The summed E-state index contributed by atoms with van der Waals surface area (Å²) in [6.45, 7) is 2.07. The van der Waals surface area contributed by atoms with E-state index >= 15 is 0 Å². The molecule has 0 unspecified atom stereocenters. The first-order chi connectivity index (χ1) is 4.41. The standard InChI is InChI=1S/C8H12O/c1-2-3-4-5-6-7-8-9/h4-5,9H,6-8H2,1H3/b5-4+. The van der Waals surface area contributed by atoms with Gasteiger partial charge < -0.3 is 5.11 Å². The molecule has 0 radical (unpaired) electrons. The minimum Gasteiger partial charge on any atom is -0.396 e. The van der Waals surface area contributed by atoms with E-state index in [1.54, 1.807) is 6.92 Å². The zero-order valence-electron chi connectivity index (χ0n) is 5.72. The Labute approximate surface area is 56.4 Å². The Hall–Kier alpha value is -0.740. The summed E-state index contributed by atoms with van der Waals surface area (Å²) in [6, 6.07) is 0. The van der Waals surface area contributed by atoms with Crippen LogP contribution in [0.3, 0.4) is 0 Å².